The van der Waals surface area contributed by atoms with Crippen LogP contribution in [0, 0.1) is 5.82 Å². The number of hydrogen-bond donors (Lipinski definition) is 0. The zero-order chi connectivity index (χ0) is 15.8. The highest BCUT2D eigenvalue weighted by atomic mass is 35.7. The zero-order valence-corrected chi connectivity index (χ0v) is 13.3. The summed E-state index contributed by atoms with van der Waals surface area (Å²) in [5, 5.41) is 0.312. The van der Waals surface area contributed by atoms with E-state index in [4.69, 9.17) is 22.3 Å². The molecule has 2 rings (SSSR count). The van der Waals surface area contributed by atoms with Crippen LogP contribution < -0.4 is 0 Å². The van der Waals surface area contributed by atoms with Crippen molar-refractivity contribution in [1.29, 1.82) is 0 Å². The smallest absolute Gasteiger partial charge is 0.218 e. The molecular formula is C12H7Cl2FO4S2. The summed E-state index contributed by atoms with van der Waals surface area (Å²) in [6.45, 7) is 0. The lowest BCUT2D eigenvalue weighted by molar-refractivity contribution is 0.542. The van der Waals surface area contributed by atoms with E-state index in [0.29, 0.717) is 5.02 Å². The molecule has 0 spiro atoms. The molecule has 0 heterocycles. The first-order valence-corrected chi connectivity index (χ1v) is 9.55. The average molecular weight is 369 g/mol. The van der Waals surface area contributed by atoms with Crippen molar-refractivity contribution < 1.29 is 21.2 Å². The molecule has 0 unspecified atom stereocenters. The fraction of sp³-hybridized carbons (Fsp3) is 0. The van der Waals surface area contributed by atoms with Crippen LogP contribution in [0.15, 0.2) is 57.2 Å². The van der Waals surface area contributed by atoms with E-state index in [1.165, 1.54) is 24.3 Å². The average Bonchev–Trinajstić information content (AvgIpc) is 2.37. The number of halogens is 3. The Bertz CT molecular complexity index is 891. The Balaban J connectivity index is 2.69. The first-order valence-electron chi connectivity index (χ1n) is 5.38. The fourth-order valence-corrected chi connectivity index (χ4v) is 4.09. The predicted octanol–water partition coefficient (Wildman–Crippen LogP) is 3.24. The van der Waals surface area contributed by atoms with Gasteiger partial charge in [-0.25, -0.2) is 21.2 Å². The summed E-state index contributed by atoms with van der Waals surface area (Å²) in [6, 6.07) is 7.99. The Morgan fingerprint density at radius 1 is 0.857 bits per heavy atom. The molecule has 2 aromatic carbocycles. The monoisotopic (exact) mass is 368 g/mol. The third-order valence-electron chi connectivity index (χ3n) is 2.60. The summed E-state index contributed by atoms with van der Waals surface area (Å²) >= 11 is 5.66. The molecule has 0 atom stereocenters. The normalized spacial score (nSPS) is 12.3. The van der Waals surface area contributed by atoms with Gasteiger partial charge in [0.2, 0.25) is 9.84 Å². The summed E-state index contributed by atoms with van der Waals surface area (Å²) in [5.74, 6) is -1.41. The van der Waals surface area contributed by atoms with E-state index < -0.39 is 34.5 Å². The zero-order valence-electron chi connectivity index (χ0n) is 10.1. The first-order chi connectivity index (χ1) is 9.64. The number of benzene rings is 2. The van der Waals surface area contributed by atoms with Crippen molar-refractivity contribution in [3.63, 3.8) is 0 Å². The predicted molar refractivity (Wildman–Crippen MR) is 76.3 cm³/mol. The molecule has 2 aromatic rings. The van der Waals surface area contributed by atoms with Crippen LogP contribution in [0.3, 0.4) is 0 Å². The maximum Gasteiger partial charge on any atom is 0.264 e. The molecular weight excluding hydrogens is 362 g/mol. The standard InChI is InChI=1S/C12H7Cl2FO4S2/c13-8-4-6-9(7-5-8)20(16,17)10-2-1-3-11(12(10)15)21(14,18)19/h1-7H. The summed E-state index contributed by atoms with van der Waals surface area (Å²) in [7, 11) is -3.55. The second kappa shape index (κ2) is 5.57. The largest absolute Gasteiger partial charge is 0.264 e. The molecule has 4 nitrogen and oxygen atoms in total. The molecule has 21 heavy (non-hydrogen) atoms. The maximum atomic E-state index is 14.2. The lowest BCUT2D eigenvalue weighted by Gasteiger charge is -2.08. The van der Waals surface area contributed by atoms with Crippen molar-refractivity contribution in [2.45, 2.75) is 14.7 Å². The summed E-state index contributed by atoms with van der Waals surface area (Å²) in [4.78, 5) is -1.87. The molecule has 0 saturated carbocycles. The Labute approximate surface area is 130 Å². The molecule has 0 fully saturated rings. The molecule has 0 aromatic heterocycles. The van der Waals surface area contributed by atoms with Crippen molar-refractivity contribution in [2.24, 2.45) is 0 Å². The molecule has 112 valence electrons. The van der Waals surface area contributed by atoms with Crippen LogP contribution >= 0.6 is 22.3 Å². The van der Waals surface area contributed by atoms with Gasteiger partial charge in [0.25, 0.3) is 9.05 Å². The number of rotatable bonds is 3. The van der Waals surface area contributed by atoms with Crippen molar-refractivity contribution in [3.8, 4) is 0 Å². The van der Waals surface area contributed by atoms with E-state index in [9.17, 15) is 21.2 Å². The Morgan fingerprint density at radius 2 is 1.38 bits per heavy atom. The molecule has 0 saturated heterocycles. The third-order valence-corrected chi connectivity index (χ3v) is 5.98. The van der Waals surface area contributed by atoms with Crippen LogP contribution in [0.25, 0.3) is 0 Å². The highest BCUT2D eigenvalue weighted by Gasteiger charge is 2.27. The number of sulfone groups is 1. The minimum Gasteiger partial charge on any atom is -0.218 e. The van der Waals surface area contributed by atoms with Gasteiger partial charge < -0.3 is 0 Å². The molecule has 0 aliphatic carbocycles. The lowest BCUT2D eigenvalue weighted by Crippen LogP contribution is -2.07. The second-order valence-electron chi connectivity index (χ2n) is 3.96. The van der Waals surface area contributed by atoms with Crippen molar-refractivity contribution in [3.05, 3.63) is 53.3 Å². The molecule has 0 aliphatic heterocycles. The van der Waals surface area contributed by atoms with Gasteiger partial charge in [0, 0.05) is 15.7 Å². The minimum absolute atomic E-state index is 0.213. The minimum atomic E-state index is -4.39. The van der Waals surface area contributed by atoms with Gasteiger partial charge in [-0.1, -0.05) is 17.7 Å². The SMILES string of the molecule is O=S(=O)(Cl)c1cccc(S(=O)(=O)c2ccc(Cl)cc2)c1F. The Kier molecular flexibility index (Phi) is 4.30. The van der Waals surface area contributed by atoms with Gasteiger partial charge in [-0.2, -0.15) is 0 Å². The van der Waals surface area contributed by atoms with Crippen molar-refractivity contribution in [2.75, 3.05) is 0 Å². The van der Waals surface area contributed by atoms with Gasteiger partial charge >= 0.3 is 0 Å². The molecule has 0 aliphatic rings. The third kappa shape index (κ3) is 3.21. The van der Waals surface area contributed by atoms with Gasteiger partial charge in [-0.05, 0) is 36.4 Å². The van der Waals surface area contributed by atoms with Crippen LogP contribution in [0.5, 0.6) is 0 Å². The topological polar surface area (TPSA) is 68.3 Å². The molecule has 0 amide bonds. The van der Waals surface area contributed by atoms with E-state index in [-0.39, 0.29) is 4.90 Å². The Morgan fingerprint density at radius 3 is 1.90 bits per heavy atom. The van der Waals surface area contributed by atoms with Gasteiger partial charge in [0.15, 0.2) is 5.82 Å². The van der Waals surface area contributed by atoms with Gasteiger partial charge in [0.05, 0.1) is 4.90 Å². The molecule has 0 N–H and O–H groups in total. The van der Waals surface area contributed by atoms with E-state index in [1.54, 1.807) is 0 Å². The van der Waals surface area contributed by atoms with Crippen molar-refractivity contribution in [1.82, 2.24) is 0 Å². The highest BCUT2D eigenvalue weighted by Crippen LogP contribution is 2.29. The number of hydrogen-bond acceptors (Lipinski definition) is 4. The maximum absolute atomic E-state index is 14.2. The van der Waals surface area contributed by atoms with E-state index in [2.05, 4.69) is 0 Å². The lowest BCUT2D eigenvalue weighted by atomic mass is 10.3. The summed E-state index contributed by atoms with van der Waals surface area (Å²) in [5.41, 5.74) is 0. The highest BCUT2D eigenvalue weighted by molar-refractivity contribution is 8.13. The van der Waals surface area contributed by atoms with Gasteiger partial charge in [-0.3, -0.25) is 0 Å². The molecule has 0 bridgehead atoms. The summed E-state index contributed by atoms with van der Waals surface area (Å²) in [6.07, 6.45) is 0. The van der Waals surface area contributed by atoms with E-state index in [0.717, 1.165) is 18.2 Å². The van der Waals surface area contributed by atoms with Gasteiger partial charge in [0.1, 0.15) is 9.79 Å². The molecule has 9 heteroatoms. The first kappa shape index (κ1) is 16.2. The van der Waals surface area contributed by atoms with Crippen molar-refractivity contribution >= 4 is 41.2 Å². The van der Waals surface area contributed by atoms with Crippen LogP contribution in [0.1, 0.15) is 0 Å². The quantitative estimate of drug-likeness (QED) is 0.779. The molecule has 0 radical (unpaired) electrons. The van der Waals surface area contributed by atoms with Crippen LogP contribution in [-0.4, -0.2) is 16.8 Å². The van der Waals surface area contributed by atoms with Crippen LogP contribution in [0.4, 0.5) is 4.39 Å². The Hall–Kier alpha value is -1.15. The van der Waals surface area contributed by atoms with Crippen LogP contribution in [-0.2, 0) is 18.9 Å². The van der Waals surface area contributed by atoms with E-state index >= 15 is 0 Å². The second-order valence-corrected chi connectivity index (χ2v) is 8.85. The fourth-order valence-electron chi connectivity index (χ4n) is 1.63. The van der Waals surface area contributed by atoms with Crippen LogP contribution in [0.2, 0.25) is 5.02 Å². The van der Waals surface area contributed by atoms with E-state index in [1.807, 2.05) is 0 Å². The van der Waals surface area contributed by atoms with Gasteiger partial charge in [-0.15, -0.1) is 0 Å². The summed E-state index contributed by atoms with van der Waals surface area (Å²) < 4.78 is 61.3.